The molecule has 4 N–H and O–H groups in total. The lowest BCUT2D eigenvalue weighted by atomic mass is 10.8. The van der Waals surface area contributed by atoms with Gasteiger partial charge in [0.05, 0.1) is 13.2 Å². The van der Waals surface area contributed by atoms with Gasteiger partial charge in [0.2, 0.25) is 17.2 Å². The number of anilines is 2. The molecule has 0 bridgehead atoms. The van der Waals surface area contributed by atoms with Gasteiger partial charge in [-0.05, 0) is 25.4 Å². The average molecular weight is 320 g/mol. The summed E-state index contributed by atoms with van der Waals surface area (Å²) in [6, 6.07) is 0. The van der Waals surface area contributed by atoms with E-state index < -0.39 is 12.2 Å². The molecule has 0 aliphatic carbocycles. The van der Waals surface area contributed by atoms with Crippen molar-refractivity contribution in [2.75, 3.05) is 24.1 Å². The third kappa shape index (κ3) is 6.42. The lowest BCUT2D eigenvalue weighted by molar-refractivity contribution is 0.153. The Hall–Kier alpha value is -2.56. The summed E-state index contributed by atoms with van der Waals surface area (Å²) in [6.45, 7) is 3.73. The lowest BCUT2D eigenvalue weighted by Gasteiger charge is -2.09. The summed E-state index contributed by atoms with van der Waals surface area (Å²) in [5.74, 6) is -0.118. The maximum Gasteiger partial charge on any atom is 0.426 e. The standard InChI is InChI=1S/C9H14ClN7O4/c1-3-20-8(18)16-14-6-11-5(10)12-7(13-6)15-17-9(19)21-4-2/h3-4H2,1-2H3,(H,16,18)(H,17,19)(H2,11,12,13,14,15). The van der Waals surface area contributed by atoms with Crippen molar-refractivity contribution < 1.29 is 19.1 Å². The number of hydrazine groups is 2. The van der Waals surface area contributed by atoms with Crippen LogP contribution in [-0.2, 0) is 9.47 Å². The molecule has 12 heteroatoms. The number of nitrogens with one attached hydrogen (secondary N) is 4. The summed E-state index contributed by atoms with van der Waals surface area (Å²) < 4.78 is 9.25. The summed E-state index contributed by atoms with van der Waals surface area (Å²) in [5.41, 5.74) is 9.09. The molecule has 1 rings (SSSR count). The van der Waals surface area contributed by atoms with E-state index in [9.17, 15) is 9.59 Å². The van der Waals surface area contributed by atoms with Crippen LogP contribution in [0.1, 0.15) is 13.8 Å². The molecule has 1 aromatic rings. The van der Waals surface area contributed by atoms with Crippen molar-refractivity contribution in [3.63, 3.8) is 0 Å². The van der Waals surface area contributed by atoms with Gasteiger partial charge < -0.3 is 9.47 Å². The van der Waals surface area contributed by atoms with Crippen LogP contribution in [0.4, 0.5) is 21.5 Å². The van der Waals surface area contributed by atoms with E-state index in [1.165, 1.54) is 0 Å². The van der Waals surface area contributed by atoms with Crippen LogP contribution >= 0.6 is 11.6 Å². The lowest BCUT2D eigenvalue weighted by Crippen LogP contribution is -2.33. The highest BCUT2D eigenvalue weighted by Gasteiger charge is 2.08. The molecule has 1 aromatic heterocycles. The number of halogens is 1. The summed E-state index contributed by atoms with van der Waals surface area (Å²) in [7, 11) is 0. The molecule has 2 amide bonds. The van der Waals surface area contributed by atoms with E-state index in [4.69, 9.17) is 11.6 Å². The van der Waals surface area contributed by atoms with E-state index in [1.54, 1.807) is 13.8 Å². The molecule has 0 fully saturated rings. The molecule has 0 atom stereocenters. The first kappa shape index (κ1) is 16.5. The highest BCUT2D eigenvalue weighted by atomic mass is 35.5. The molecular weight excluding hydrogens is 306 g/mol. The predicted molar refractivity (Wildman–Crippen MR) is 72.4 cm³/mol. The number of ether oxygens (including phenoxy) is 2. The normalized spacial score (nSPS) is 9.48. The monoisotopic (exact) mass is 319 g/mol. The van der Waals surface area contributed by atoms with Crippen LogP contribution in [0.25, 0.3) is 0 Å². The van der Waals surface area contributed by atoms with Gasteiger partial charge in [-0.3, -0.25) is 10.9 Å². The largest absolute Gasteiger partial charge is 0.449 e. The van der Waals surface area contributed by atoms with E-state index in [0.717, 1.165) is 0 Å². The Balaban J connectivity index is 2.58. The van der Waals surface area contributed by atoms with Crippen molar-refractivity contribution in [2.24, 2.45) is 0 Å². The number of carbonyl (C=O) groups is 2. The van der Waals surface area contributed by atoms with Crippen molar-refractivity contribution in [2.45, 2.75) is 13.8 Å². The van der Waals surface area contributed by atoms with Gasteiger partial charge in [-0.2, -0.15) is 15.0 Å². The molecule has 1 heterocycles. The summed E-state index contributed by atoms with van der Waals surface area (Å²) in [5, 5.41) is -0.161. The van der Waals surface area contributed by atoms with E-state index >= 15 is 0 Å². The third-order valence-electron chi connectivity index (χ3n) is 1.71. The SMILES string of the molecule is CCOC(=O)NNc1nc(Cl)nc(NNC(=O)OCC)n1. The highest BCUT2D eigenvalue weighted by molar-refractivity contribution is 6.28. The quantitative estimate of drug-likeness (QED) is 0.557. The Kier molecular flexibility index (Phi) is 6.74. The van der Waals surface area contributed by atoms with Crippen LogP contribution in [0.15, 0.2) is 0 Å². The molecule has 0 unspecified atom stereocenters. The first-order valence-corrected chi connectivity index (χ1v) is 6.22. The second-order valence-corrected chi connectivity index (χ2v) is 3.53. The molecule has 11 nitrogen and oxygen atoms in total. The van der Waals surface area contributed by atoms with Gasteiger partial charge in [-0.1, -0.05) is 0 Å². The molecule has 116 valence electrons. The smallest absolute Gasteiger partial charge is 0.426 e. The highest BCUT2D eigenvalue weighted by Crippen LogP contribution is 2.07. The fourth-order valence-electron chi connectivity index (χ4n) is 1.01. The Morgan fingerprint density at radius 2 is 1.38 bits per heavy atom. The Bertz CT molecular complexity index is 461. The van der Waals surface area contributed by atoms with E-state index in [-0.39, 0.29) is 30.4 Å². The molecule has 0 saturated heterocycles. The zero-order valence-corrected chi connectivity index (χ0v) is 12.0. The van der Waals surface area contributed by atoms with Gasteiger partial charge in [-0.25, -0.2) is 20.4 Å². The number of rotatable bonds is 6. The fourth-order valence-corrected chi connectivity index (χ4v) is 1.17. The molecular formula is C9H14ClN7O4. The molecule has 0 aliphatic rings. The minimum Gasteiger partial charge on any atom is -0.449 e. The number of hydrogen-bond acceptors (Lipinski definition) is 9. The number of hydrogen-bond donors (Lipinski definition) is 4. The minimum absolute atomic E-state index is 0.0591. The summed E-state index contributed by atoms with van der Waals surface area (Å²) >= 11 is 5.67. The average Bonchev–Trinajstić information content (AvgIpc) is 2.43. The van der Waals surface area contributed by atoms with Crippen molar-refractivity contribution >= 4 is 35.7 Å². The fraction of sp³-hybridized carbons (Fsp3) is 0.444. The number of carbonyl (C=O) groups excluding carboxylic acids is 2. The Labute approximate surface area is 124 Å². The molecule has 0 radical (unpaired) electrons. The van der Waals surface area contributed by atoms with Gasteiger partial charge in [0, 0.05) is 0 Å². The number of aromatic nitrogens is 3. The van der Waals surface area contributed by atoms with Crippen LogP contribution < -0.4 is 21.7 Å². The van der Waals surface area contributed by atoms with Gasteiger partial charge in [-0.15, -0.1) is 0 Å². The van der Waals surface area contributed by atoms with E-state index in [2.05, 4.69) is 46.1 Å². The van der Waals surface area contributed by atoms with E-state index in [1.807, 2.05) is 0 Å². The van der Waals surface area contributed by atoms with Crippen LogP contribution in [-0.4, -0.2) is 40.4 Å². The van der Waals surface area contributed by atoms with Gasteiger partial charge >= 0.3 is 12.2 Å². The second kappa shape index (κ2) is 8.58. The molecule has 0 aliphatic heterocycles. The van der Waals surface area contributed by atoms with Crippen LogP contribution in [0.2, 0.25) is 5.28 Å². The first-order valence-electron chi connectivity index (χ1n) is 5.84. The summed E-state index contributed by atoms with van der Waals surface area (Å²) in [4.78, 5) is 33.4. The molecule has 0 saturated carbocycles. The summed E-state index contributed by atoms with van der Waals surface area (Å²) in [6.07, 6.45) is -1.43. The zero-order valence-electron chi connectivity index (χ0n) is 11.3. The van der Waals surface area contributed by atoms with Crippen LogP contribution in [0.5, 0.6) is 0 Å². The number of nitrogens with zero attached hydrogens (tertiary/aromatic N) is 3. The zero-order chi connectivity index (χ0) is 15.7. The van der Waals surface area contributed by atoms with Crippen molar-refractivity contribution in [3.05, 3.63) is 5.28 Å². The van der Waals surface area contributed by atoms with Crippen LogP contribution in [0.3, 0.4) is 0 Å². The second-order valence-electron chi connectivity index (χ2n) is 3.19. The van der Waals surface area contributed by atoms with Gasteiger partial charge in [0.25, 0.3) is 0 Å². The topological polar surface area (TPSA) is 139 Å². The maximum absolute atomic E-state index is 11.1. The molecule has 0 spiro atoms. The molecule has 21 heavy (non-hydrogen) atoms. The predicted octanol–water partition coefficient (Wildman–Crippen LogP) is 0.671. The molecule has 0 aromatic carbocycles. The Morgan fingerprint density at radius 1 is 0.952 bits per heavy atom. The van der Waals surface area contributed by atoms with Crippen molar-refractivity contribution in [1.29, 1.82) is 0 Å². The minimum atomic E-state index is -0.715. The van der Waals surface area contributed by atoms with Crippen molar-refractivity contribution in [1.82, 2.24) is 25.8 Å². The maximum atomic E-state index is 11.1. The van der Waals surface area contributed by atoms with Crippen molar-refractivity contribution in [3.8, 4) is 0 Å². The third-order valence-corrected chi connectivity index (χ3v) is 1.88. The first-order chi connectivity index (χ1) is 10.0. The van der Waals surface area contributed by atoms with Gasteiger partial charge in [0.1, 0.15) is 0 Å². The van der Waals surface area contributed by atoms with E-state index in [0.29, 0.717) is 0 Å². The Morgan fingerprint density at radius 3 is 1.76 bits per heavy atom. The number of amides is 2. The van der Waals surface area contributed by atoms with Gasteiger partial charge in [0.15, 0.2) is 0 Å². The van der Waals surface area contributed by atoms with Crippen LogP contribution in [0, 0.1) is 0 Å².